The third-order valence-corrected chi connectivity index (χ3v) is 4.89. The molecule has 100 valence electrons. The van der Waals surface area contributed by atoms with Crippen molar-refractivity contribution in [3.05, 3.63) is 29.3 Å². The molecule has 18 heavy (non-hydrogen) atoms. The Morgan fingerprint density at radius 1 is 1.39 bits per heavy atom. The lowest BCUT2D eigenvalue weighted by Crippen LogP contribution is -2.35. The van der Waals surface area contributed by atoms with Gasteiger partial charge in [-0.2, -0.15) is 0 Å². The first-order valence-corrected chi connectivity index (χ1v) is 7.58. The molecule has 0 saturated carbocycles. The van der Waals surface area contributed by atoms with Crippen LogP contribution in [0.2, 0.25) is 0 Å². The van der Waals surface area contributed by atoms with Crippen LogP contribution < -0.4 is 10.0 Å². The number of nitrogens with one attached hydrogen (secondary N) is 2. The fourth-order valence-electron chi connectivity index (χ4n) is 2.18. The van der Waals surface area contributed by atoms with Crippen molar-refractivity contribution in [3.63, 3.8) is 0 Å². The predicted octanol–water partition coefficient (Wildman–Crippen LogP) is 2.77. The first kappa shape index (κ1) is 13.6. The molecule has 2 N–H and O–H groups in total. The van der Waals surface area contributed by atoms with E-state index in [1.54, 1.807) is 0 Å². The number of rotatable bonds is 3. The third-order valence-electron chi connectivity index (χ3n) is 3.21. The van der Waals surface area contributed by atoms with E-state index < -0.39 is 11.0 Å². The number of fused-ring (bicyclic) bond motifs is 1. The zero-order valence-electron chi connectivity index (χ0n) is 11.5. The quantitative estimate of drug-likeness (QED) is 0.883. The van der Waals surface area contributed by atoms with Crippen LogP contribution in [0.15, 0.2) is 18.2 Å². The molecule has 1 aliphatic heterocycles. The van der Waals surface area contributed by atoms with Gasteiger partial charge in [-0.15, -0.1) is 0 Å². The van der Waals surface area contributed by atoms with Crippen molar-refractivity contribution in [2.45, 2.75) is 44.9 Å². The van der Waals surface area contributed by atoms with Crippen molar-refractivity contribution in [2.75, 3.05) is 11.9 Å². The maximum atomic E-state index is 12.1. The van der Waals surface area contributed by atoms with E-state index in [9.17, 15) is 4.21 Å². The maximum Gasteiger partial charge on any atom is 0.0975 e. The van der Waals surface area contributed by atoms with Gasteiger partial charge in [0.1, 0.15) is 0 Å². The highest BCUT2D eigenvalue weighted by molar-refractivity contribution is 7.84. The van der Waals surface area contributed by atoms with Crippen LogP contribution in [0, 0.1) is 0 Å². The van der Waals surface area contributed by atoms with Crippen molar-refractivity contribution >= 4 is 16.7 Å². The lowest BCUT2D eigenvalue weighted by molar-refractivity contribution is 0.615. The summed E-state index contributed by atoms with van der Waals surface area (Å²) in [4.78, 5) is 0. The summed E-state index contributed by atoms with van der Waals surface area (Å²) in [5.41, 5.74) is 3.85. The minimum Gasteiger partial charge on any atom is -0.384 e. The highest BCUT2D eigenvalue weighted by atomic mass is 32.2. The smallest absolute Gasteiger partial charge is 0.0975 e. The summed E-state index contributed by atoms with van der Waals surface area (Å²) in [6.45, 7) is 9.04. The lowest BCUT2D eigenvalue weighted by atomic mass is 10.00. The largest absolute Gasteiger partial charge is 0.384 e. The molecule has 0 aliphatic carbocycles. The molecule has 3 nitrogen and oxygen atoms in total. The second-order valence-corrected chi connectivity index (χ2v) is 7.77. The van der Waals surface area contributed by atoms with E-state index >= 15 is 0 Å². The number of hydrogen-bond donors (Lipinski definition) is 2. The van der Waals surface area contributed by atoms with Gasteiger partial charge in [0.2, 0.25) is 0 Å². The Kier molecular flexibility index (Phi) is 3.78. The molecule has 4 heteroatoms. The van der Waals surface area contributed by atoms with Gasteiger partial charge in [-0.05, 0) is 51.3 Å². The fourth-order valence-corrected chi connectivity index (χ4v) is 2.98. The van der Waals surface area contributed by atoms with E-state index in [0.29, 0.717) is 0 Å². The molecule has 1 heterocycles. The summed E-state index contributed by atoms with van der Waals surface area (Å²) < 4.78 is 15.1. The van der Waals surface area contributed by atoms with Gasteiger partial charge in [0.05, 0.1) is 15.7 Å². The second kappa shape index (κ2) is 5.02. The summed E-state index contributed by atoms with van der Waals surface area (Å²) >= 11 is 0. The first-order valence-electron chi connectivity index (χ1n) is 6.43. The van der Waals surface area contributed by atoms with Crippen LogP contribution in [0.3, 0.4) is 0 Å². The average molecular weight is 266 g/mol. The molecule has 1 aromatic carbocycles. The summed E-state index contributed by atoms with van der Waals surface area (Å²) in [5.74, 6) is 0. The van der Waals surface area contributed by atoms with E-state index in [4.69, 9.17) is 0 Å². The normalized spacial score (nSPS) is 18.0. The summed E-state index contributed by atoms with van der Waals surface area (Å²) in [7, 11) is -1.03. The number of hydrogen-bond acceptors (Lipinski definition) is 2. The molecule has 0 saturated heterocycles. The van der Waals surface area contributed by atoms with Crippen LogP contribution in [0.25, 0.3) is 0 Å². The molecule has 0 fully saturated rings. The average Bonchev–Trinajstić information content (AvgIpc) is 2.74. The molecule has 1 aliphatic rings. The van der Waals surface area contributed by atoms with Crippen LogP contribution in [-0.2, 0) is 17.4 Å². The Labute approximate surface area is 112 Å². The van der Waals surface area contributed by atoms with Crippen LogP contribution in [0.4, 0.5) is 5.69 Å². The van der Waals surface area contributed by atoms with Crippen LogP contribution in [-0.4, -0.2) is 15.5 Å². The van der Waals surface area contributed by atoms with Crippen LogP contribution in [0.5, 0.6) is 0 Å². The highest BCUT2D eigenvalue weighted by Crippen LogP contribution is 2.29. The Morgan fingerprint density at radius 2 is 2.11 bits per heavy atom. The van der Waals surface area contributed by atoms with E-state index in [2.05, 4.69) is 35.2 Å². The van der Waals surface area contributed by atoms with Gasteiger partial charge >= 0.3 is 0 Å². The van der Waals surface area contributed by atoms with E-state index in [1.807, 2.05) is 20.8 Å². The molecule has 0 aromatic heterocycles. The third kappa shape index (κ3) is 2.75. The Balaban J connectivity index is 2.18. The van der Waals surface area contributed by atoms with Crippen molar-refractivity contribution < 1.29 is 4.21 Å². The topological polar surface area (TPSA) is 41.1 Å². The molecule has 2 rings (SSSR count). The van der Waals surface area contributed by atoms with Crippen molar-refractivity contribution in [1.29, 1.82) is 0 Å². The SMILES string of the molecule is C[C@@H](NS(=O)C(C)(C)C)c1cccc2c1CCN2. The number of benzene rings is 1. The van der Waals surface area contributed by atoms with Crippen LogP contribution in [0.1, 0.15) is 44.9 Å². The summed E-state index contributed by atoms with van der Waals surface area (Å²) in [6, 6.07) is 6.41. The van der Waals surface area contributed by atoms with E-state index in [0.717, 1.165) is 13.0 Å². The van der Waals surface area contributed by atoms with Gasteiger partial charge in [0.25, 0.3) is 0 Å². The van der Waals surface area contributed by atoms with E-state index in [-0.39, 0.29) is 10.8 Å². The molecule has 2 atom stereocenters. The van der Waals surface area contributed by atoms with Crippen LogP contribution >= 0.6 is 0 Å². The highest BCUT2D eigenvalue weighted by Gasteiger charge is 2.24. The Morgan fingerprint density at radius 3 is 2.78 bits per heavy atom. The Bertz CT molecular complexity index is 465. The van der Waals surface area contributed by atoms with Crippen molar-refractivity contribution in [1.82, 2.24) is 4.72 Å². The van der Waals surface area contributed by atoms with Crippen molar-refractivity contribution in [3.8, 4) is 0 Å². The minimum atomic E-state index is -1.03. The molecular weight excluding hydrogens is 244 g/mol. The van der Waals surface area contributed by atoms with Gasteiger partial charge in [0, 0.05) is 18.3 Å². The summed E-state index contributed by atoms with van der Waals surface area (Å²) in [6.07, 6.45) is 1.06. The second-order valence-electron chi connectivity index (χ2n) is 5.77. The molecule has 0 radical (unpaired) electrons. The van der Waals surface area contributed by atoms with E-state index in [1.165, 1.54) is 16.8 Å². The molecule has 0 amide bonds. The fraction of sp³-hybridized carbons (Fsp3) is 0.571. The molecule has 1 unspecified atom stereocenters. The van der Waals surface area contributed by atoms with Gasteiger partial charge in [0.15, 0.2) is 0 Å². The monoisotopic (exact) mass is 266 g/mol. The molecule has 0 bridgehead atoms. The first-order chi connectivity index (χ1) is 8.39. The van der Waals surface area contributed by atoms with Gasteiger partial charge in [-0.25, -0.2) is 8.93 Å². The van der Waals surface area contributed by atoms with Gasteiger partial charge < -0.3 is 5.32 Å². The predicted molar refractivity (Wildman–Crippen MR) is 78.1 cm³/mol. The zero-order chi connectivity index (χ0) is 13.3. The number of anilines is 1. The lowest BCUT2D eigenvalue weighted by Gasteiger charge is -2.23. The van der Waals surface area contributed by atoms with Gasteiger partial charge in [-0.1, -0.05) is 12.1 Å². The van der Waals surface area contributed by atoms with Gasteiger partial charge in [-0.3, -0.25) is 0 Å². The minimum absolute atomic E-state index is 0.111. The summed E-state index contributed by atoms with van der Waals surface area (Å²) in [5, 5.41) is 3.38. The maximum absolute atomic E-state index is 12.1. The Hall–Kier alpha value is -0.870. The standard InChI is InChI=1S/C14H22N2OS/c1-10(16-18(17)14(2,3)4)11-6-5-7-13-12(11)8-9-15-13/h5-7,10,15-16H,8-9H2,1-4H3/t10-,18?/m1/s1. The molecule has 0 spiro atoms. The zero-order valence-corrected chi connectivity index (χ0v) is 12.4. The molecular formula is C14H22N2OS. The van der Waals surface area contributed by atoms with Crippen molar-refractivity contribution in [2.24, 2.45) is 0 Å². The molecule has 1 aromatic rings.